The number of hydrogen-bond acceptors (Lipinski definition) is 3. The molecular formula is C22H28N2O2. The maximum atomic E-state index is 9.19. The average molecular weight is 352 g/mol. The van der Waals surface area contributed by atoms with Gasteiger partial charge in [0.1, 0.15) is 18.2 Å². The zero-order valence-electron chi connectivity index (χ0n) is 16.2. The quantitative estimate of drug-likeness (QED) is 0.690. The Hall–Kier alpha value is -2.33. The van der Waals surface area contributed by atoms with Gasteiger partial charge in [0, 0.05) is 13.0 Å². The van der Waals surface area contributed by atoms with E-state index in [1.54, 1.807) is 0 Å². The second-order valence-corrected chi connectivity index (χ2v) is 7.03. The summed E-state index contributed by atoms with van der Waals surface area (Å²) in [6, 6.07) is 10.6. The SMILES string of the molecule is Cc1ccc(OCCn2c(CCCO)nc3cc(C)c(C)cc32)cc1C. The molecule has 26 heavy (non-hydrogen) atoms. The number of aliphatic hydroxyl groups is 1. The number of benzene rings is 2. The van der Waals surface area contributed by atoms with Crippen molar-refractivity contribution in [3.63, 3.8) is 0 Å². The Bertz CT molecular complexity index is 912. The summed E-state index contributed by atoms with van der Waals surface area (Å²) in [5.74, 6) is 1.92. The van der Waals surface area contributed by atoms with E-state index in [0.29, 0.717) is 6.61 Å². The number of ether oxygens (including phenoxy) is 1. The lowest BCUT2D eigenvalue weighted by molar-refractivity contribution is 0.283. The Morgan fingerprint density at radius 3 is 2.42 bits per heavy atom. The first-order valence-corrected chi connectivity index (χ1v) is 9.27. The highest BCUT2D eigenvalue weighted by Gasteiger charge is 2.12. The van der Waals surface area contributed by atoms with E-state index in [9.17, 15) is 5.11 Å². The van der Waals surface area contributed by atoms with Crippen molar-refractivity contribution in [2.75, 3.05) is 13.2 Å². The van der Waals surface area contributed by atoms with Crippen LogP contribution >= 0.6 is 0 Å². The van der Waals surface area contributed by atoms with Gasteiger partial charge >= 0.3 is 0 Å². The maximum absolute atomic E-state index is 9.19. The number of hydrogen-bond donors (Lipinski definition) is 1. The Kier molecular flexibility index (Phi) is 5.62. The summed E-state index contributed by atoms with van der Waals surface area (Å²) in [7, 11) is 0. The van der Waals surface area contributed by atoms with Crippen molar-refractivity contribution < 1.29 is 9.84 Å². The first-order chi connectivity index (χ1) is 12.5. The third-order valence-corrected chi connectivity index (χ3v) is 5.06. The molecular weight excluding hydrogens is 324 g/mol. The molecule has 2 aromatic carbocycles. The lowest BCUT2D eigenvalue weighted by Gasteiger charge is -2.12. The number of aryl methyl sites for hydroxylation is 5. The van der Waals surface area contributed by atoms with Crippen LogP contribution in [0.2, 0.25) is 0 Å². The monoisotopic (exact) mass is 352 g/mol. The molecule has 0 fully saturated rings. The fourth-order valence-corrected chi connectivity index (χ4v) is 3.17. The standard InChI is InChI=1S/C22H28N2O2/c1-15-7-8-19(12-16(15)2)26-11-9-24-21-14-18(4)17(3)13-20(21)23-22(24)6-5-10-25/h7-8,12-14,25H,5-6,9-11H2,1-4H3. The Morgan fingerprint density at radius 1 is 0.962 bits per heavy atom. The molecule has 0 amide bonds. The predicted molar refractivity (Wildman–Crippen MR) is 106 cm³/mol. The Labute approximate surface area is 155 Å². The van der Waals surface area contributed by atoms with Crippen LogP contribution in [0.15, 0.2) is 30.3 Å². The van der Waals surface area contributed by atoms with Gasteiger partial charge in [-0.25, -0.2) is 4.98 Å². The first kappa shape index (κ1) is 18.5. The van der Waals surface area contributed by atoms with Gasteiger partial charge in [-0.05, 0) is 80.6 Å². The van der Waals surface area contributed by atoms with E-state index in [0.717, 1.165) is 42.0 Å². The van der Waals surface area contributed by atoms with Gasteiger partial charge in [-0.2, -0.15) is 0 Å². The van der Waals surface area contributed by atoms with Crippen LogP contribution in [-0.4, -0.2) is 27.9 Å². The summed E-state index contributed by atoms with van der Waals surface area (Å²) in [4.78, 5) is 4.80. The van der Waals surface area contributed by atoms with Crippen molar-refractivity contribution in [3.05, 3.63) is 58.4 Å². The number of fused-ring (bicyclic) bond motifs is 1. The third-order valence-electron chi connectivity index (χ3n) is 5.06. The maximum Gasteiger partial charge on any atom is 0.119 e. The van der Waals surface area contributed by atoms with Gasteiger partial charge in [0.05, 0.1) is 17.6 Å². The molecule has 0 aliphatic rings. The van der Waals surface area contributed by atoms with Crippen molar-refractivity contribution in [1.29, 1.82) is 0 Å². The molecule has 0 unspecified atom stereocenters. The molecule has 4 heteroatoms. The van der Waals surface area contributed by atoms with E-state index in [-0.39, 0.29) is 6.61 Å². The van der Waals surface area contributed by atoms with Crippen molar-refractivity contribution in [1.82, 2.24) is 9.55 Å². The topological polar surface area (TPSA) is 47.3 Å². The van der Waals surface area contributed by atoms with E-state index in [1.807, 2.05) is 6.07 Å². The largest absolute Gasteiger partial charge is 0.492 e. The number of aromatic nitrogens is 2. The molecule has 138 valence electrons. The third kappa shape index (κ3) is 3.91. The average Bonchev–Trinajstić information content (AvgIpc) is 2.93. The van der Waals surface area contributed by atoms with E-state index < -0.39 is 0 Å². The lowest BCUT2D eigenvalue weighted by Crippen LogP contribution is -2.12. The highest BCUT2D eigenvalue weighted by Crippen LogP contribution is 2.22. The van der Waals surface area contributed by atoms with E-state index >= 15 is 0 Å². The van der Waals surface area contributed by atoms with Gasteiger partial charge in [0.2, 0.25) is 0 Å². The van der Waals surface area contributed by atoms with Gasteiger partial charge in [0.15, 0.2) is 0 Å². The first-order valence-electron chi connectivity index (χ1n) is 9.27. The summed E-state index contributed by atoms with van der Waals surface area (Å²) in [6.07, 6.45) is 1.49. The molecule has 0 saturated carbocycles. The highest BCUT2D eigenvalue weighted by atomic mass is 16.5. The second-order valence-electron chi connectivity index (χ2n) is 7.03. The molecule has 1 N–H and O–H groups in total. The summed E-state index contributed by atoms with van der Waals surface area (Å²) >= 11 is 0. The van der Waals surface area contributed by atoms with Crippen LogP contribution in [0.1, 0.15) is 34.5 Å². The molecule has 0 saturated heterocycles. The molecule has 1 heterocycles. The molecule has 0 spiro atoms. The summed E-state index contributed by atoms with van der Waals surface area (Å²) in [6.45, 7) is 9.97. The molecule has 0 bridgehead atoms. The Morgan fingerprint density at radius 2 is 1.69 bits per heavy atom. The molecule has 1 aromatic heterocycles. The molecule has 3 rings (SSSR count). The number of aliphatic hydroxyl groups excluding tert-OH is 1. The number of imidazole rings is 1. The number of nitrogens with zero attached hydrogens (tertiary/aromatic N) is 2. The van der Waals surface area contributed by atoms with Crippen LogP contribution in [0.25, 0.3) is 11.0 Å². The van der Waals surface area contributed by atoms with E-state index in [1.165, 1.54) is 22.3 Å². The van der Waals surface area contributed by atoms with E-state index in [4.69, 9.17) is 9.72 Å². The van der Waals surface area contributed by atoms with Crippen molar-refractivity contribution in [2.24, 2.45) is 0 Å². The van der Waals surface area contributed by atoms with Crippen LogP contribution < -0.4 is 4.74 Å². The lowest BCUT2D eigenvalue weighted by atomic mass is 10.1. The van der Waals surface area contributed by atoms with Gasteiger partial charge in [-0.3, -0.25) is 0 Å². The van der Waals surface area contributed by atoms with Crippen LogP contribution in [0.4, 0.5) is 0 Å². The van der Waals surface area contributed by atoms with Crippen molar-refractivity contribution in [2.45, 2.75) is 47.1 Å². The molecule has 0 atom stereocenters. The van der Waals surface area contributed by atoms with Crippen molar-refractivity contribution >= 4 is 11.0 Å². The van der Waals surface area contributed by atoms with Crippen LogP contribution in [0.5, 0.6) is 5.75 Å². The minimum absolute atomic E-state index is 0.181. The summed E-state index contributed by atoms with van der Waals surface area (Å²) in [5.41, 5.74) is 7.20. The van der Waals surface area contributed by atoms with Crippen LogP contribution in [0.3, 0.4) is 0 Å². The van der Waals surface area contributed by atoms with Crippen molar-refractivity contribution in [3.8, 4) is 5.75 Å². The predicted octanol–water partition coefficient (Wildman–Crippen LogP) is 4.27. The molecule has 4 nitrogen and oxygen atoms in total. The molecule has 0 aliphatic carbocycles. The van der Waals surface area contributed by atoms with Gasteiger partial charge in [0.25, 0.3) is 0 Å². The molecule has 0 radical (unpaired) electrons. The molecule has 3 aromatic rings. The summed E-state index contributed by atoms with van der Waals surface area (Å²) < 4.78 is 8.21. The fraction of sp³-hybridized carbons (Fsp3) is 0.409. The minimum Gasteiger partial charge on any atom is -0.492 e. The normalized spacial score (nSPS) is 11.3. The Balaban J connectivity index is 1.82. The van der Waals surface area contributed by atoms with Gasteiger partial charge in [-0.1, -0.05) is 6.07 Å². The highest BCUT2D eigenvalue weighted by molar-refractivity contribution is 5.78. The zero-order valence-corrected chi connectivity index (χ0v) is 16.2. The van der Waals surface area contributed by atoms with E-state index in [2.05, 4.69) is 56.5 Å². The van der Waals surface area contributed by atoms with Crippen LogP contribution in [0, 0.1) is 27.7 Å². The molecule has 0 aliphatic heterocycles. The minimum atomic E-state index is 0.181. The second kappa shape index (κ2) is 7.92. The van der Waals surface area contributed by atoms with Crippen LogP contribution in [-0.2, 0) is 13.0 Å². The fourth-order valence-electron chi connectivity index (χ4n) is 3.17. The van der Waals surface area contributed by atoms with Gasteiger partial charge in [-0.15, -0.1) is 0 Å². The van der Waals surface area contributed by atoms with Gasteiger partial charge < -0.3 is 14.4 Å². The number of rotatable bonds is 7. The zero-order chi connectivity index (χ0) is 18.7. The summed E-state index contributed by atoms with van der Waals surface area (Å²) in [5, 5.41) is 9.19. The smallest absolute Gasteiger partial charge is 0.119 e.